The summed E-state index contributed by atoms with van der Waals surface area (Å²) >= 11 is 0. The maximum Gasteiger partial charge on any atom is 0.416 e. The van der Waals surface area contributed by atoms with Crippen LogP contribution in [0.15, 0.2) is 28.8 Å². The van der Waals surface area contributed by atoms with E-state index in [1.807, 2.05) is 6.92 Å². The zero-order valence-electron chi connectivity index (χ0n) is 13.7. The summed E-state index contributed by atoms with van der Waals surface area (Å²) in [5.41, 5.74) is -0.265. The molecule has 1 unspecified atom stereocenters. The Morgan fingerprint density at radius 2 is 2.16 bits per heavy atom. The molecule has 1 atom stereocenters. The molecule has 25 heavy (non-hydrogen) atoms. The Labute approximate surface area is 142 Å². The Bertz CT molecular complexity index is 758. The highest BCUT2D eigenvalue weighted by Gasteiger charge is 2.32. The lowest BCUT2D eigenvalue weighted by atomic mass is 9.96. The molecule has 0 radical (unpaired) electrons. The fourth-order valence-corrected chi connectivity index (χ4v) is 2.91. The molecule has 0 N–H and O–H groups in total. The predicted molar refractivity (Wildman–Crippen MR) is 82.5 cm³/mol. The minimum absolute atomic E-state index is 0.0797. The molecule has 1 aliphatic heterocycles. The van der Waals surface area contributed by atoms with Crippen LogP contribution in [0.4, 0.5) is 13.2 Å². The van der Waals surface area contributed by atoms with E-state index in [0.29, 0.717) is 43.1 Å². The number of amides is 1. The highest BCUT2D eigenvalue weighted by molar-refractivity contribution is 5.77. The van der Waals surface area contributed by atoms with Gasteiger partial charge < -0.3 is 9.42 Å². The molecule has 2 heterocycles. The molecule has 1 amide bonds. The average Bonchev–Trinajstić information content (AvgIpc) is 3.05. The number of aryl methyl sites for hydroxylation is 1. The standard InChI is InChI=1S/C17H18F3N3O2/c1-2-14-21-16(25-22-14)12-6-7-15(24)23(10-12)9-11-4-3-5-13(8-11)17(18,19)20/h3-5,8,12H,2,6-7,9-10H2,1H3. The number of hydrogen-bond donors (Lipinski definition) is 0. The highest BCUT2D eigenvalue weighted by atomic mass is 19.4. The quantitative estimate of drug-likeness (QED) is 0.843. The van der Waals surface area contributed by atoms with Crippen molar-refractivity contribution in [3.63, 3.8) is 0 Å². The fourth-order valence-electron chi connectivity index (χ4n) is 2.91. The lowest BCUT2D eigenvalue weighted by molar-refractivity contribution is -0.137. The number of halogens is 3. The van der Waals surface area contributed by atoms with Crippen molar-refractivity contribution < 1.29 is 22.5 Å². The molecule has 5 nitrogen and oxygen atoms in total. The molecule has 2 aromatic rings. The third-order valence-corrected chi connectivity index (χ3v) is 4.28. The summed E-state index contributed by atoms with van der Waals surface area (Å²) in [6, 6.07) is 5.05. The van der Waals surface area contributed by atoms with Crippen LogP contribution in [0.5, 0.6) is 0 Å². The van der Waals surface area contributed by atoms with Crippen molar-refractivity contribution in [3.8, 4) is 0 Å². The number of nitrogens with zero attached hydrogens (tertiary/aromatic N) is 3. The van der Waals surface area contributed by atoms with E-state index in [1.165, 1.54) is 6.07 Å². The predicted octanol–water partition coefficient (Wildman–Crippen LogP) is 3.56. The van der Waals surface area contributed by atoms with Crippen molar-refractivity contribution in [2.75, 3.05) is 6.54 Å². The second-order valence-electron chi connectivity index (χ2n) is 6.11. The van der Waals surface area contributed by atoms with Crippen molar-refractivity contribution in [2.45, 2.75) is 44.8 Å². The van der Waals surface area contributed by atoms with Crippen LogP contribution in [-0.4, -0.2) is 27.5 Å². The number of carbonyl (C=O) groups is 1. The summed E-state index contributed by atoms with van der Waals surface area (Å²) in [6.45, 7) is 2.41. The van der Waals surface area contributed by atoms with Gasteiger partial charge in [0.2, 0.25) is 11.8 Å². The first-order valence-electron chi connectivity index (χ1n) is 8.13. The third kappa shape index (κ3) is 4.00. The van der Waals surface area contributed by atoms with Crippen LogP contribution < -0.4 is 0 Å². The van der Waals surface area contributed by atoms with Crippen LogP contribution in [0.25, 0.3) is 0 Å². The Morgan fingerprint density at radius 3 is 2.84 bits per heavy atom. The molecule has 1 saturated heterocycles. The van der Waals surface area contributed by atoms with E-state index >= 15 is 0 Å². The van der Waals surface area contributed by atoms with Crippen molar-refractivity contribution >= 4 is 5.91 Å². The average molecular weight is 353 g/mol. The van der Waals surface area contributed by atoms with E-state index in [1.54, 1.807) is 11.0 Å². The first-order valence-corrected chi connectivity index (χ1v) is 8.13. The molecule has 1 aromatic heterocycles. The molecule has 0 spiro atoms. The summed E-state index contributed by atoms with van der Waals surface area (Å²) in [5.74, 6) is 0.926. The number of rotatable bonds is 4. The van der Waals surface area contributed by atoms with Crippen molar-refractivity contribution in [1.82, 2.24) is 15.0 Å². The molecule has 1 aromatic carbocycles. The Kier molecular flexibility index (Phi) is 4.78. The summed E-state index contributed by atoms with van der Waals surface area (Å²) < 4.78 is 43.7. The molecule has 0 aliphatic carbocycles. The summed E-state index contributed by atoms with van der Waals surface area (Å²) in [7, 11) is 0. The van der Waals surface area contributed by atoms with Crippen molar-refractivity contribution in [1.29, 1.82) is 0 Å². The minimum Gasteiger partial charge on any atom is -0.339 e. The van der Waals surface area contributed by atoms with Crippen LogP contribution in [0.3, 0.4) is 0 Å². The van der Waals surface area contributed by atoms with Crippen molar-refractivity contribution in [3.05, 3.63) is 47.1 Å². The topological polar surface area (TPSA) is 59.2 Å². The number of benzene rings is 1. The van der Waals surface area contributed by atoms with Crippen LogP contribution in [0, 0.1) is 0 Å². The molecule has 0 bridgehead atoms. The van der Waals surface area contributed by atoms with Gasteiger partial charge in [0.05, 0.1) is 11.5 Å². The molecule has 134 valence electrons. The second-order valence-corrected chi connectivity index (χ2v) is 6.11. The Balaban J connectivity index is 1.73. The zero-order chi connectivity index (χ0) is 18.0. The maximum atomic E-state index is 12.8. The van der Waals surface area contributed by atoms with Crippen LogP contribution in [0.1, 0.15) is 48.5 Å². The number of carbonyl (C=O) groups excluding carboxylic acids is 1. The largest absolute Gasteiger partial charge is 0.416 e. The van der Waals surface area contributed by atoms with Gasteiger partial charge in [0.25, 0.3) is 0 Å². The lowest BCUT2D eigenvalue weighted by Crippen LogP contribution is -2.38. The molecular weight excluding hydrogens is 335 g/mol. The van der Waals surface area contributed by atoms with E-state index in [2.05, 4.69) is 10.1 Å². The van der Waals surface area contributed by atoms with Gasteiger partial charge >= 0.3 is 6.18 Å². The van der Waals surface area contributed by atoms with Gasteiger partial charge in [-0.15, -0.1) is 0 Å². The lowest BCUT2D eigenvalue weighted by Gasteiger charge is -2.31. The van der Waals surface area contributed by atoms with Gasteiger partial charge in [-0.1, -0.05) is 24.2 Å². The molecule has 0 saturated carbocycles. The highest BCUT2D eigenvalue weighted by Crippen LogP contribution is 2.31. The van der Waals surface area contributed by atoms with E-state index < -0.39 is 11.7 Å². The molecule has 1 aliphatic rings. The van der Waals surface area contributed by atoms with Gasteiger partial charge in [-0.25, -0.2) is 0 Å². The minimum atomic E-state index is -4.40. The van der Waals surface area contributed by atoms with E-state index in [-0.39, 0.29) is 18.4 Å². The number of aromatic nitrogens is 2. The van der Waals surface area contributed by atoms with Crippen LogP contribution >= 0.6 is 0 Å². The van der Waals surface area contributed by atoms with Gasteiger partial charge in [-0.2, -0.15) is 18.2 Å². The first-order chi connectivity index (χ1) is 11.9. The third-order valence-electron chi connectivity index (χ3n) is 4.28. The zero-order valence-corrected chi connectivity index (χ0v) is 13.7. The summed E-state index contributed by atoms with van der Waals surface area (Å²) in [4.78, 5) is 18.0. The van der Waals surface area contributed by atoms with Gasteiger partial charge in [-0.05, 0) is 24.1 Å². The molecule has 8 heteroatoms. The van der Waals surface area contributed by atoms with E-state index in [4.69, 9.17) is 4.52 Å². The maximum absolute atomic E-state index is 12.8. The molecular formula is C17H18F3N3O2. The first kappa shape index (κ1) is 17.4. The number of likely N-dealkylation sites (tertiary alicyclic amines) is 1. The Hall–Kier alpha value is -2.38. The van der Waals surface area contributed by atoms with Crippen LogP contribution in [-0.2, 0) is 23.9 Å². The smallest absolute Gasteiger partial charge is 0.339 e. The van der Waals surface area contributed by atoms with Gasteiger partial charge in [-0.3, -0.25) is 4.79 Å². The van der Waals surface area contributed by atoms with E-state index in [0.717, 1.165) is 12.1 Å². The van der Waals surface area contributed by atoms with E-state index in [9.17, 15) is 18.0 Å². The normalized spacial score (nSPS) is 18.6. The van der Waals surface area contributed by atoms with Gasteiger partial charge in [0, 0.05) is 25.9 Å². The molecule has 1 fully saturated rings. The fraction of sp³-hybridized carbons (Fsp3) is 0.471. The van der Waals surface area contributed by atoms with Crippen molar-refractivity contribution in [2.24, 2.45) is 0 Å². The molecule has 3 rings (SSSR count). The second kappa shape index (κ2) is 6.85. The summed E-state index contributed by atoms with van der Waals surface area (Å²) in [5, 5.41) is 3.86. The monoisotopic (exact) mass is 353 g/mol. The SMILES string of the molecule is CCc1noc(C2CCC(=O)N(Cc3cccc(C(F)(F)F)c3)C2)n1. The van der Waals surface area contributed by atoms with Gasteiger partial charge in [0.15, 0.2) is 5.82 Å². The van der Waals surface area contributed by atoms with Gasteiger partial charge in [0.1, 0.15) is 0 Å². The van der Waals surface area contributed by atoms with Crippen LogP contribution in [0.2, 0.25) is 0 Å². The Morgan fingerprint density at radius 1 is 1.36 bits per heavy atom. The number of piperidine rings is 1. The number of hydrogen-bond acceptors (Lipinski definition) is 4. The summed E-state index contributed by atoms with van der Waals surface area (Å²) in [6.07, 6.45) is -2.83. The number of alkyl halides is 3.